The van der Waals surface area contributed by atoms with Gasteiger partial charge >= 0.3 is 0 Å². The third-order valence-electron chi connectivity index (χ3n) is 17.6. The van der Waals surface area contributed by atoms with E-state index in [1.165, 1.54) is 41.3 Å². The van der Waals surface area contributed by atoms with Crippen molar-refractivity contribution < 1.29 is 38.4 Å². The maximum absolute atomic E-state index is 12.8. The van der Waals surface area contributed by atoms with Crippen molar-refractivity contribution in [2.24, 2.45) is 0 Å². The van der Waals surface area contributed by atoms with E-state index in [1.807, 2.05) is 121 Å². The number of halogens is 2. The molecule has 0 saturated heterocycles. The van der Waals surface area contributed by atoms with Crippen LogP contribution in [0.1, 0.15) is 87.0 Å². The van der Waals surface area contributed by atoms with Gasteiger partial charge in [0.05, 0.1) is 12.4 Å². The number of anilines is 8. The molecule has 38 heteroatoms. The van der Waals surface area contributed by atoms with Crippen LogP contribution in [0, 0.1) is 0 Å². The third-order valence-corrected chi connectivity index (χ3v) is 18.2. The van der Waals surface area contributed by atoms with Gasteiger partial charge in [-0.05, 0) is 46.5 Å². The number of benzene rings is 4. The highest BCUT2D eigenvalue weighted by Gasteiger charge is 2.35. The number of aromatic nitrogens is 16. The molecule has 0 unspecified atom stereocenters. The van der Waals surface area contributed by atoms with Crippen LogP contribution in [0.4, 0.5) is 46.0 Å². The van der Waals surface area contributed by atoms with Crippen LogP contribution in [0.3, 0.4) is 0 Å². The van der Waals surface area contributed by atoms with E-state index in [4.69, 9.17) is 23.2 Å². The second-order valence-corrected chi connectivity index (χ2v) is 26.2. The lowest BCUT2D eigenvalue weighted by molar-refractivity contribution is -0.120. The van der Waals surface area contributed by atoms with E-state index in [-0.39, 0.29) is 82.7 Å². The maximum Gasteiger partial charge on any atom is 0.272 e. The van der Waals surface area contributed by atoms with Crippen molar-refractivity contribution in [1.29, 1.82) is 0 Å². The summed E-state index contributed by atoms with van der Waals surface area (Å²) in [6.45, 7) is 0.749. The number of hydrogen-bond donors (Lipinski definition) is 14. The number of aromatic amines is 4. The fourth-order valence-electron chi connectivity index (χ4n) is 11.9. The number of likely N-dealkylation sites (N-methyl/N-ethyl adjacent to an activating group) is 2. The van der Waals surface area contributed by atoms with Gasteiger partial charge < -0.3 is 63.0 Å². The Morgan fingerprint density at radius 1 is 0.402 bits per heavy atom. The van der Waals surface area contributed by atoms with E-state index in [0.717, 1.165) is 45.0 Å². The molecule has 12 aromatic rings. The fourth-order valence-corrected chi connectivity index (χ4v) is 12.3. The molecule has 16 rings (SSSR count). The lowest BCUT2D eigenvalue weighted by Crippen LogP contribution is -2.49. The van der Waals surface area contributed by atoms with Crippen LogP contribution >= 0.6 is 23.2 Å². The number of amides is 8. The van der Waals surface area contributed by atoms with Gasteiger partial charge in [0.15, 0.2) is 33.6 Å². The van der Waals surface area contributed by atoms with Gasteiger partial charge in [-0.15, -0.1) is 0 Å². The number of nitrogens with one attached hydrogen (secondary N) is 14. The highest BCUT2D eigenvalue weighted by molar-refractivity contribution is 6.34. The van der Waals surface area contributed by atoms with Gasteiger partial charge in [-0.25, -0.2) is 39.9 Å². The molecule has 4 aromatic carbocycles. The molecule has 0 saturated carbocycles. The highest BCUT2D eigenvalue weighted by Crippen LogP contribution is 2.33. The lowest BCUT2D eigenvalue weighted by atomic mass is 10.1. The molecule has 112 heavy (non-hydrogen) atoms. The number of hydrogen-bond acceptors (Lipinski definition) is 24. The summed E-state index contributed by atoms with van der Waals surface area (Å²) >= 11 is 12.1. The van der Waals surface area contributed by atoms with Crippen LogP contribution in [-0.2, 0) is 44.9 Å². The van der Waals surface area contributed by atoms with Crippen LogP contribution in [0.2, 0.25) is 10.3 Å². The van der Waals surface area contributed by atoms with Gasteiger partial charge in [-0.2, -0.15) is 20.4 Å². The average Bonchev–Trinajstić information content (AvgIpc) is 1.63. The molecule has 568 valence electrons. The summed E-state index contributed by atoms with van der Waals surface area (Å²) in [6, 6.07) is 43.0. The second kappa shape index (κ2) is 35.5. The quantitative estimate of drug-likeness (QED) is 0.0555. The van der Waals surface area contributed by atoms with E-state index in [9.17, 15) is 38.4 Å². The number of H-pyrrole nitrogens is 4. The van der Waals surface area contributed by atoms with Gasteiger partial charge in [0.1, 0.15) is 95.0 Å². The molecule has 4 aliphatic heterocycles. The first-order valence-corrected chi connectivity index (χ1v) is 35.5. The first-order chi connectivity index (χ1) is 54.4. The standard InChI is InChI=1S/C19H18ClN7O2.C19H19N7O2.C18H16ClN7O2.C18H17N7O2/c1-27-15-16(20)22-10-23-17(15)21-9-14(19(27)29)24-18(28)13-8-12(25-26-13)7-11-5-3-2-4-6-11;1-26-16-10-20-11-22-17(16)21-9-15(19(26)28)23-18(27)14-8-13(24-25-14)7-12-5-3-2-4-6-12;19-15-14-16(22-9-21-15)20-8-13(18(28)24-14)23-17(27)12-7-11(25-26-12)6-10-4-2-1-3-5-10;26-17(13-7-12(24-25-13)6-11-4-2-1-3-5-11)23-15-9-20-16-14(22-18(15)27)8-19-10-21-16/h2-6,8,10,14H,7,9H2,1H3,(H,24,28)(H,25,26)(H,21,22,23);2-6,8,10-11,15H,7,9H2,1H3,(H,23,27)(H,24,25)(H,20,21,22);1-5,7,9,13H,6,8H2,(H,23,27)(H,24,28)(H,25,26)(H,20,21,22);1-5,7-8,10,15H,6,9H2,(H,22,27)(H,23,26)(H,24,25)(H,19,20,21)/t14-;15-;13-;15-/m0000/s1. The Bertz CT molecular complexity index is 5360. The molecule has 12 heterocycles. The summed E-state index contributed by atoms with van der Waals surface area (Å²) in [6.07, 6.45) is 11.0. The zero-order chi connectivity index (χ0) is 78.0. The number of carbonyl (C=O) groups excluding carboxylic acids is 8. The molecule has 0 fully saturated rings. The van der Waals surface area contributed by atoms with Gasteiger partial charge in [0.2, 0.25) is 11.8 Å². The van der Waals surface area contributed by atoms with Crippen molar-refractivity contribution in [2.45, 2.75) is 49.9 Å². The SMILES string of the molecule is CN1C(=O)[C@@H](NC(=O)c2cc(Cc3ccccc3)[nH]n2)CNc2ncnc(Cl)c21.CN1C(=O)[C@@H](NC(=O)c2cc(Cc3ccccc3)[nH]n2)CNc2ncncc21.O=C(N[C@H]1CNc2ncnc(Cl)c2NC1=O)c1cc(Cc2ccccc2)[nH]n1.O=C(N[C@H]1CNc2ncncc2NC1=O)c1cc(Cc2ccccc2)[nH]n1. The summed E-state index contributed by atoms with van der Waals surface area (Å²) in [5.74, 6) is -1.20. The first kappa shape index (κ1) is 75.8. The van der Waals surface area contributed by atoms with Gasteiger partial charge in [0, 0.05) is 88.7 Å². The first-order valence-electron chi connectivity index (χ1n) is 34.7. The normalized spacial score (nSPS) is 15.9. The van der Waals surface area contributed by atoms with E-state index >= 15 is 0 Å². The predicted molar refractivity (Wildman–Crippen MR) is 413 cm³/mol. The third kappa shape index (κ3) is 19.1. The zero-order valence-electron chi connectivity index (χ0n) is 59.6. The Kier molecular flexibility index (Phi) is 24.0. The van der Waals surface area contributed by atoms with Crippen molar-refractivity contribution in [3.8, 4) is 0 Å². The zero-order valence-corrected chi connectivity index (χ0v) is 61.1. The fraction of sp³-hybridized carbons (Fsp3) is 0.189. The van der Waals surface area contributed by atoms with Crippen molar-refractivity contribution in [3.05, 3.63) is 261 Å². The summed E-state index contributed by atoms with van der Waals surface area (Å²) in [7, 11) is 3.19. The average molecular weight is 1550 g/mol. The van der Waals surface area contributed by atoms with Crippen LogP contribution in [0.5, 0.6) is 0 Å². The van der Waals surface area contributed by atoms with Crippen molar-refractivity contribution >= 4 is 116 Å². The molecule has 4 atom stereocenters. The molecular formula is C74H70Cl2N28O8. The largest absolute Gasteiger partial charge is 0.366 e. The van der Waals surface area contributed by atoms with Crippen LogP contribution in [0.15, 0.2) is 183 Å². The molecule has 8 amide bonds. The van der Waals surface area contributed by atoms with Crippen LogP contribution < -0.4 is 63.0 Å². The smallest absolute Gasteiger partial charge is 0.272 e. The molecule has 8 aromatic heterocycles. The molecular weight excluding hydrogens is 1480 g/mol. The van der Waals surface area contributed by atoms with Crippen LogP contribution in [-0.4, -0.2) is 192 Å². The summed E-state index contributed by atoms with van der Waals surface area (Å²) in [4.78, 5) is 135. The Labute approximate surface area is 646 Å². The number of nitrogens with zero attached hydrogens (tertiary/aromatic N) is 14. The number of rotatable bonds is 16. The molecule has 0 spiro atoms. The molecule has 0 aliphatic carbocycles. The van der Waals surface area contributed by atoms with E-state index in [2.05, 4.69) is 134 Å². The molecule has 4 aliphatic rings. The lowest BCUT2D eigenvalue weighted by Gasteiger charge is -2.20. The summed E-state index contributed by atoms with van der Waals surface area (Å²) in [5.41, 5.74) is 10.3. The topological polar surface area (TPSA) is 481 Å². The van der Waals surface area contributed by atoms with Crippen molar-refractivity contribution in [1.82, 2.24) is 102 Å². The van der Waals surface area contributed by atoms with Crippen LogP contribution in [0.25, 0.3) is 0 Å². The molecule has 0 bridgehead atoms. The Morgan fingerprint density at radius 2 is 0.750 bits per heavy atom. The van der Waals surface area contributed by atoms with E-state index in [0.29, 0.717) is 66.0 Å². The van der Waals surface area contributed by atoms with Crippen molar-refractivity contribution in [2.75, 3.05) is 82.0 Å². The predicted octanol–water partition coefficient (Wildman–Crippen LogP) is 5.17. The Morgan fingerprint density at radius 3 is 1.21 bits per heavy atom. The minimum atomic E-state index is -0.827. The molecule has 0 radical (unpaired) electrons. The Balaban J connectivity index is 0.000000131. The monoisotopic (exact) mass is 1550 g/mol. The summed E-state index contributed by atoms with van der Waals surface area (Å²) in [5, 5.41) is 56.3. The Hall–Kier alpha value is -14.4. The van der Waals surface area contributed by atoms with Gasteiger partial charge in [-0.3, -0.25) is 58.8 Å². The van der Waals surface area contributed by atoms with Gasteiger partial charge in [0.25, 0.3) is 35.4 Å². The minimum Gasteiger partial charge on any atom is -0.366 e. The summed E-state index contributed by atoms with van der Waals surface area (Å²) < 4.78 is 0. The molecule has 36 nitrogen and oxygen atoms in total. The minimum absolute atomic E-state index is 0.121. The number of carbonyl (C=O) groups is 8. The molecule has 14 N–H and O–H groups in total. The number of fused-ring (bicyclic) bond motifs is 4. The van der Waals surface area contributed by atoms with Gasteiger partial charge in [-0.1, -0.05) is 145 Å². The van der Waals surface area contributed by atoms with Crippen molar-refractivity contribution in [3.63, 3.8) is 0 Å². The maximum atomic E-state index is 12.8. The van der Waals surface area contributed by atoms with E-state index < -0.39 is 53.7 Å². The highest BCUT2D eigenvalue weighted by atomic mass is 35.5. The second-order valence-electron chi connectivity index (χ2n) is 25.5. The van der Waals surface area contributed by atoms with E-state index in [1.54, 1.807) is 44.6 Å².